The van der Waals surface area contributed by atoms with Gasteiger partial charge in [-0.15, -0.1) is 11.6 Å². The first kappa shape index (κ1) is 10.3. The first-order chi connectivity index (χ1) is 6.65. The van der Waals surface area contributed by atoms with Crippen LogP contribution in [0.2, 0.25) is 0 Å². The SMILES string of the molecule is CN(CC1CC(Cl)C1)C(=O)CC1CC1. The van der Waals surface area contributed by atoms with Crippen molar-refractivity contribution >= 4 is 17.5 Å². The van der Waals surface area contributed by atoms with Crippen molar-refractivity contribution in [2.45, 2.75) is 37.5 Å². The Balaban J connectivity index is 1.66. The van der Waals surface area contributed by atoms with Crippen LogP contribution >= 0.6 is 11.6 Å². The Bertz CT molecular complexity index is 221. The number of hydrogen-bond acceptors (Lipinski definition) is 1. The lowest BCUT2D eigenvalue weighted by Crippen LogP contribution is -2.37. The molecular weight excluding hydrogens is 198 g/mol. The van der Waals surface area contributed by atoms with E-state index in [0.29, 0.717) is 23.1 Å². The molecule has 0 bridgehead atoms. The summed E-state index contributed by atoms with van der Waals surface area (Å²) in [5, 5.41) is 0.368. The van der Waals surface area contributed by atoms with Gasteiger partial charge < -0.3 is 4.90 Å². The first-order valence-corrected chi connectivity index (χ1v) is 5.97. The van der Waals surface area contributed by atoms with Gasteiger partial charge in [-0.2, -0.15) is 0 Å². The Kier molecular flexibility index (Phi) is 3.01. The highest BCUT2D eigenvalue weighted by atomic mass is 35.5. The fourth-order valence-electron chi connectivity index (χ4n) is 2.02. The third-order valence-electron chi connectivity index (χ3n) is 3.30. The predicted molar refractivity (Wildman–Crippen MR) is 57.3 cm³/mol. The quantitative estimate of drug-likeness (QED) is 0.659. The second-order valence-corrected chi connectivity index (χ2v) is 5.47. The second-order valence-electron chi connectivity index (χ2n) is 4.86. The van der Waals surface area contributed by atoms with Gasteiger partial charge in [0.05, 0.1) is 0 Å². The molecule has 0 saturated heterocycles. The molecule has 2 saturated carbocycles. The molecule has 0 aromatic carbocycles. The van der Waals surface area contributed by atoms with E-state index in [9.17, 15) is 4.79 Å². The zero-order valence-corrected chi connectivity index (χ0v) is 9.46. The molecule has 2 fully saturated rings. The summed E-state index contributed by atoms with van der Waals surface area (Å²) >= 11 is 5.90. The normalized spacial score (nSPS) is 31.0. The Morgan fingerprint density at radius 2 is 2.00 bits per heavy atom. The summed E-state index contributed by atoms with van der Waals surface area (Å²) in [4.78, 5) is 13.5. The maximum Gasteiger partial charge on any atom is 0.222 e. The van der Waals surface area contributed by atoms with Crippen LogP contribution in [-0.4, -0.2) is 29.8 Å². The zero-order chi connectivity index (χ0) is 10.1. The van der Waals surface area contributed by atoms with Gasteiger partial charge in [0.2, 0.25) is 5.91 Å². The van der Waals surface area contributed by atoms with Crippen LogP contribution in [0.25, 0.3) is 0 Å². The van der Waals surface area contributed by atoms with Gasteiger partial charge in [-0.3, -0.25) is 4.79 Å². The fraction of sp³-hybridized carbons (Fsp3) is 0.909. The number of carbonyl (C=O) groups excluding carboxylic acids is 1. The minimum atomic E-state index is 0.325. The monoisotopic (exact) mass is 215 g/mol. The van der Waals surface area contributed by atoms with Crippen LogP contribution in [0.15, 0.2) is 0 Å². The molecule has 80 valence electrons. The van der Waals surface area contributed by atoms with Gasteiger partial charge in [-0.05, 0) is 37.5 Å². The first-order valence-electron chi connectivity index (χ1n) is 5.53. The second kappa shape index (κ2) is 4.09. The lowest BCUT2D eigenvalue weighted by atomic mass is 9.84. The van der Waals surface area contributed by atoms with E-state index >= 15 is 0 Å². The van der Waals surface area contributed by atoms with Gasteiger partial charge in [-0.25, -0.2) is 0 Å². The van der Waals surface area contributed by atoms with Crippen LogP contribution in [0.3, 0.4) is 0 Å². The number of alkyl halides is 1. The van der Waals surface area contributed by atoms with Gasteiger partial charge in [0.25, 0.3) is 0 Å². The molecule has 0 N–H and O–H groups in total. The maximum atomic E-state index is 11.6. The van der Waals surface area contributed by atoms with Gasteiger partial charge in [-0.1, -0.05) is 0 Å². The molecule has 0 aliphatic heterocycles. The van der Waals surface area contributed by atoms with Crippen molar-refractivity contribution in [3.8, 4) is 0 Å². The molecule has 2 aliphatic rings. The molecular formula is C11H18ClNO. The van der Waals surface area contributed by atoms with Crippen LogP contribution in [-0.2, 0) is 4.79 Å². The molecule has 0 aromatic heterocycles. The molecule has 0 atom stereocenters. The van der Waals surface area contributed by atoms with Crippen LogP contribution in [0, 0.1) is 11.8 Å². The van der Waals surface area contributed by atoms with Crippen molar-refractivity contribution in [1.82, 2.24) is 4.90 Å². The van der Waals surface area contributed by atoms with Gasteiger partial charge in [0, 0.05) is 25.4 Å². The summed E-state index contributed by atoms with van der Waals surface area (Å²) in [6.45, 7) is 0.911. The minimum absolute atomic E-state index is 0.325. The highest BCUT2D eigenvalue weighted by Gasteiger charge is 2.30. The third kappa shape index (κ3) is 2.63. The lowest BCUT2D eigenvalue weighted by molar-refractivity contribution is -0.131. The summed E-state index contributed by atoms with van der Waals surface area (Å²) in [5.41, 5.74) is 0. The van der Waals surface area contributed by atoms with Crippen molar-refractivity contribution in [3.05, 3.63) is 0 Å². The van der Waals surface area contributed by atoms with Gasteiger partial charge in [0.15, 0.2) is 0 Å². The van der Waals surface area contributed by atoms with Crippen LogP contribution in [0.1, 0.15) is 32.1 Å². The Labute approximate surface area is 90.6 Å². The van der Waals surface area contributed by atoms with Crippen LogP contribution in [0.5, 0.6) is 0 Å². The average molecular weight is 216 g/mol. The van der Waals surface area contributed by atoms with E-state index in [-0.39, 0.29) is 0 Å². The van der Waals surface area contributed by atoms with E-state index in [1.165, 1.54) is 12.8 Å². The number of carbonyl (C=O) groups is 1. The molecule has 1 amide bonds. The van der Waals surface area contributed by atoms with E-state index < -0.39 is 0 Å². The molecule has 2 aliphatic carbocycles. The largest absolute Gasteiger partial charge is 0.345 e. The number of nitrogens with zero attached hydrogens (tertiary/aromatic N) is 1. The number of hydrogen-bond donors (Lipinski definition) is 0. The molecule has 0 spiro atoms. The summed E-state index contributed by atoms with van der Waals surface area (Å²) < 4.78 is 0. The van der Waals surface area contributed by atoms with E-state index in [0.717, 1.165) is 25.8 Å². The topological polar surface area (TPSA) is 20.3 Å². The van der Waals surface area contributed by atoms with E-state index in [1.54, 1.807) is 0 Å². The lowest BCUT2D eigenvalue weighted by Gasteiger charge is -2.34. The molecule has 0 unspecified atom stereocenters. The Hall–Kier alpha value is -0.240. The minimum Gasteiger partial charge on any atom is -0.345 e. The molecule has 0 aromatic rings. The summed E-state index contributed by atoms with van der Waals surface area (Å²) in [5.74, 6) is 1.68. The fourth-order valence-corrected chi connectivity index (χ4v) is 2.52. The van der Waals surface area contributed by atoms with Gasteiger partial charge >= 0.3 is 0 Å². The molecule has 2 rings (SSSR count). The highest BCUT2D eigenvalue weighted by Crippen LogP contribution is 2.34. The van der Waals surface area contributed by atoms with Gasteiger partial charge in [0.1, 0.15) is 0 Å². The Morgan fingerprint density at radius 3 is 2.50 bits per heavy atom. The number of rotatable bonds is 4. The molecule has 0 heterocycles. The van der Waals surface area contributed by atoms with E-state index in [2.05, 4.69) is 0 Å². The number of amides is 1. The summed E-state index contributed by atoms with van der Waals surface area (Å²) in [6, 6.07) is 0. The zero-order valence-electron chi connectivity index (χ0n) is 8.71. The predicted octanol–water partition coefficient (Wildman–Crippen LogP) is 2.26. The van der Waals surface area contributed by atoms with Crippen molar-refractivity contribution in [2.24, 2.45) is 11.8 Å². The van der Waals surface area contributed by atoms with Crippen molar-refractivity contribution in [3.63, 3.8) is 0 Å². The molecule has 3 heteroatoms. The molecule has 0 radical (unpaired) electrons. The molecule has 14 heavy (non-hydrogen) atoms. The van der Waals surface area contributed by atoms with Crippen molar-refractivity contribution in [2.75, 3.05) is 13.6 Å². The maximum absolute atomic E-state index is 11.6. The van der Waals surface area contributed by atoms with Crippen molar-refractivity contribution in [1.29, 1.82) is 0 Å². The summed E-state index contributed by atoms with van der Waals surface area (Å²) in [7, 11) is 1.92. The average Bonchev–Trinajstić information content (AvgIpc) is 2.85. The van der Waals surface area contributed by atoms with Crippen molar-refractivity contribution < 1.29 is 4.79 Å². The third-order valence-corrected chi connectivity index (χ3v) is 3.65. The smallest absolute Gasteiger partial charge is 0.222 e. The standard InChI is InChI=1S/C11H18ClNO/c1-13(7-9-4-10(12)5-9)11(14)6-8-2-3-8/h8-10H,2-7H2,1H3. The number of halogens is 1. The highest BCUT2D eigenvalue weighted by molar-refractivity contribution is 6.21. The van der Waals surface area contributed by atoms with Crippen LogP contribution < -0.4 is 0 Å². The van der Waals surface area contributed by atoms with E-state index in [4.69, 9.17) is 11.6 Å². The van der Waals surface area contributed by atoms with Crippen LogP contribution in [0.4, 0.5) is 0 Å². The van der Waals surface area contributed by atoms with E-state index in [1.807, 2.05) is 11.9 Å². The molecule has 2 nitrogen and oxygen atoms in total. The summed E-state index contributed by atoms with van der Waals surface area (Å²) in [6.07, 6.45) is 5.46. The Morgan fingerprint density at radius 1 is 1.36 bits per heavy atom.